The summed E-state index contributed by atoms with van der Waals surface area (Å²) in [6.07, 6.45) is 1.84. The minimum atomic E-state index is -0.690. The van der Waals surface area contributed by atoms with Gasteiger partial charge in [-0.1, -0.05) is 13.8 Å². The molecule has 1 saturated carbocycles. The first kappa shape index (κ1) is 8.35. The van der Waals surface area contributed by atoms with Crippen molar-refractivity contribution in [1.29, 1.82) is 0 Å². The van der Waals surface area contributed by atoms with Crippen LogP contribution in [0.2, 0.25) is 0 Å². The van der Waals surface area contributed by atoms with E-state index in [1.54, 1.807) is 0 Å². The topological polar surface area (TPSA) is 53.1 Å². The van der Waals surface area contributed by atoms with Crippen LogP contribution in [0.5, 0.6) is 0 Å². The number of hydrogen-bond acceptors (Lipinski definition) is 1. The van der Waals surface area contributed by atoms with Gasteiger partial charge in [0, 0.05) is 17.8 Å². The van der Waals surface area contributed by atoms with Crippen LogP contribution in [0.4, 0.5) is 0 Å². The van der Waals surface area contributed by atoms with Gasteiger partial charge in [-0.25, -0.2) is 0 Å². The van der Waals surface area contributed by atoms with E-state index in [1.165, 1.54) is 0 Å². The zero-order chi connectivity index (χ0) is 9.64. The van der Waals surface area contributed by atoms with Crippen LogP contribution in [0.1, 0.15) is 25.5 Å². The molecule has 1 aliphatic rings. The van der Waals surface area contributed by atoms with E-state index in [0.717, 1.165) is 5.69 Å². The second kappa shape index (κ2) is 2.37. The molecule has 3 heteroatoms. The van der Waals surface area contributed by atoms with Gasteiger partial charge in [0.05, 0.1) is 5.92 Å². The molecule has 1 aliphatic carbocycles. The van der Waals surface area contributed by atoms with Crippen molar-refractivity contribution in [2.75, 3.05) is 0 Å². The van der Waals surface area contributed by atoms with E-state index >= 15 is 0 Å². The van der Waals surface area contributed by atoms with Gasteiger partial charge >= 0.3 is 5.97 Å². The van der Waals surface area contributed by atoms with Crippen molar-refractivity contribution in [3.8, 4) is 0 Å². The lowest BCUT2D eigenvalue weighted by atomic mass is 10.1. The summed E-state index contributed by atoms with van der Waals surface area (Å²) in [5.74, 6) is -0.768. The predicted octanol–water partition coefficient (Wildman–Crippen LogP) is 1.84. The summed E-state index contributed by atoms with van der Waals surface area (Å²) >= 11 is 0. The van der Waals surface area contributed by atoms with Crippen LogP contribution < -0.4 is 0 Å². The maximum Gasteiger partial charge on any atom is 0.307 e. The molecule has 0 spiro atoms. The highest BCUT2D eigenvalue weighted by atomic mass is 16.4. The molecule has 1 fully saturated rings. The van der Waals surface area contributed by atoms with Crippen molar-refractivity contribution in [2.45, 2.75) is 19.8 Å². The Balaban J connectivity index is 2.25. The molecule has 0 aliphatic heterocycles. The van der Waals surface area contributed by atoms with Crippen LogP contribution in [-0.2, 0) is 4.79 Å². The van der Waals surface area contributed by atoms with Crippen LogP contribution in [0.3, 0.4) is 0 Å². The van der Waals surface area contributed by atoms with Crippen molar-refractivity contribution >= 4 is 5.97 Å². The number of carboxylic acid groups (broad SMARTS) is 1. The molecule has 1 heterocycles. The van der Waals surface area contributed by atoms with Crippen LogP contribution in [0, 0.1) is 11.3 Å². The summed E-state index contributed by atoms with van der Waals surface area (Å²) in [6.45, 7) is 3.99. The van der Waals surface area contributed by atoms with Gasteiger partial charge < -0.3 is 10.1 Å². The van der Waals surface area contributed by atoms with Crippen LogP contribution in [0.15, 0.2) is 18.3 Å². The van der Waals surface area contributed by atoms with Crippen LogP contribution in [-0.4, -0.2) is 16.1 Å². The zero-order valence-electron chi connectivity index (χ0n) is 7.74. The molecule has 3 nitrogen and oxygen atoms in total. The largest absolute Gasteiger partial charge is 0.481 e. The number of H-pyrrole nitrogens is 1. The second-order valence-electron chi connectivity index (χ2n) is 4.24. The summed E-state index contributed by atoms with van der Waals surface area (Å²) in [5.41, 5.74) is 0.939. The lowest BCUT2D eigenvalue weighted by molar-refractivity contribution is -0.139. The molecule has 2 rings (SSSR count). The SMILES string of the molecule is CC1(C)[C@H](C(=O)O)[C@H]1c1ccc[nH]1. The van der Waals surface area contributed by atoms with Gasteiger partial charge in [-0.2, -0.15) is 0 Å². The maximum atomic E-state index is 10.9. The van der Waals surface area contributed by atoms with Gasteiger partial charge in [0.25, 0.3) is 0 Å². The first-order chi connectivity index (χ1) is 6.05. The summed E-state index contributed by atoms with van der Waals surface area (Å²) in [6, 6.07) is 3.86. The predicted molar refractivity (Wildman–Crippen MR) is 48.4 cm³/mol. The number of aromatic nitrogens is 1. The molecule has 0 saturated heterocycles. The molecule has 0 bridgehead atoms. The Labute approximate surface area is 76.8 Å². The van der Waals surface area contributed by atoms with Gasteiger partial charge in [-0.05, 0) is 17.5 Å². The molecule has 2 N–H and O–H groups in total. The average Bonchev–Trinajstić information content (AvgIpc) is 2.50. The van der Waals surface area contributed by atoms with Gasteiger partial charge in [0.15, 0.2) is 0 Å². The lowest BCUT2D eigenvalue weighted by Gasteiger charge is -1.98. The number of aromatic amines is 1. The van der Waals surface area contributed by atoms with E-state index < -0.39 is 5.97 Å². The van der Waals surface area contributed by atoms with Crippen molar-refractivity contribution in [3.63, 3.8) is 0 Å². The van der Waals surface area contributed by atoms with Crippen molar-refractivity contribution in [1.82, 2.24) is 4.98 Å². The summed E-state index contributed by atoms with van der Waals surface area (Å²) in [7, 11) is 0. The summed E-state index contributed by atoms with van der Waals surface area (Å²) < 4.78 is 0. The normalized spacial score (nSPS) is 30.0. The third kappa shape index (κ3) is 1.07. The smallest absolute Gasteiger partial charge is 0.307 e. The first-order valence-electron chi connectivity index (χ1n) is 4.41. The number of hydrogen-bond donors (Lipinski definition) is 2. The molecular weight excluding hydrogens is 166 g/mol. The third-order valence-corrected chi connectivity index (χ3v) is 3.05. The van der Waals surface area contributed by atoms with Gasteiger partial charge in [0.1, 0.15) is 0 Å². The van der Waals surface area contributed by atoms with Crippen molar-refractivity contribution < 1.29 is 9.90 Å². The molecule has 1 aromatic heterocycles. The molecular formula is C10H13NO2. The van der Waals surface area contributed by atoms with E-state index in [0.29, 0.717) is 0 Å². The monoisotopic (exact) mass is 179 g/mol. The number of aliphatic carboxylic acids is 1. The Bertz CT molecular complexity index is 327. The molecule has 1 aromatic rings. The summed E-state index contributed by atoms with van der Waals surface area (Å²) in [4.78, 5) is 13.9. The fourth-order valence-electron chi connectivity index (χ4n) is 2.22. The van der Waals surface area contributed by atoms with Crippen LogP contribution >= 0.6 is 0 Å². The number of carboxylic acids is 1. The van der Waals surface area contributed by atoms with Gasteiger partial charge in [-0.3, -0.25) is 4.79 Å². The third-order valence-electron chi connectivity index (χ3n) is 3.05. The zero-order valence-corrected chi connectivity index (χ0v) is 7.74. The fourth-order valence-corrected chi connectivity index (χ4v) is 2.22. The first-order valence-corrected chi connectivity index (χ1v) is 4.41. The number of carbonyl (C=O) groups is 1. The fraction of sp³-hybridized carbons (Fsp3) is 0.500. The number of rotatable bonds is 2. The molecule has 13 heavy (non-hydrogen) atoms. The highest BCUT2D eigenvalue weighted by Crippen LogP contribution is 2.63. The second-order valence-corrected chi connectivity index (χ2v) is 4.24. The molecule has 0 aromatic carbocycles. The number of nitrogens with one attached hydrogen (secondary N) is 1. The molecule has 0 amide bonds. The highest BCUT2D eigenvalue weighted by molar-refractivity contribution is 5.77. The maximum absolute atomic E-state index is 10.9. The average molecular weight is 179 g/mol. The van der Waals surface area contributed by atoms with E-state index in [-0.39, 0.29) is 17.3 Å². The lowest BCUT2D eigenvalue weighted by Crippen LogP contribution is -2.03. The van der Waals surface area contributed by atoms with E-state index in [9.17, 15) is 4.79 Å². The molecule has 0 unspecified atom stereocenters. The Morgan fingerprint density at radius 2 is 2.31 bits per heavy atom. The van der Waals surface area contributed by atoms with E-state index in [4.69, 9.17) is 5.11 Å². The van der Waals surface area contributed by atoms with Gasteiger partial charge in [-0.15, -0.1) is 0 Å². The molecule has 70 valence electrons. The minimum Gasteiger partial charge on any atom is -0.481 e. The standard InChI is InChI=1S/C10H13NO2/c1-10(2)7(8(10)9(12)13)6-4-3-5-11-6/h3-5,7-8,11H,1-2H3,(H,12,13)/t7-,8+/m1/s1. The quantitative estimate of drug-likeness (QED) is 0.727. The Hall–Kier alpha value is -1.25. The Morgan fingerprint density at radius 1 is 1.62 bits per heavy atom. The Morgan fingerprint density at radius 3 is 2.69 bits per heavy atom. The van der Waals surface area contributed by atoms with Crippen molar-refractivity contribution in [3.05, 3.63) is 24.0 Å². The molecule has 2 atom stereocenters. The summed E-state index contributed by atoms with van der Waals surface area (Å²) in [5, 5.41) is 8.94. The van der Waals surface area contributed by atoms with E-state index in [2.05, 4.69) is 4.98 Å². The van der Waals surface area contributed by atoms with Crippen LogP contribution in [0.25, 0.3) is 0 Å². The van der Waals surface area contributed by atoms with Crippen molar-refractivity contribution in [2.24, 2.45) is 11.3 Å². The van der Waals surface area contributed by atoms with Gasteiger partial charge in [0.2, 0.25) is 0 Å². The highest BCUT2D eigenvalue weighted by Gasteiger charge is 2.63. The van der Waals surface area contributed by atoms with E-state index in [1.807, 2.05) is 32.2 Å². The minimum absolute atomic E-state index is 0.101. The molecule has 0 radical (unpaired) electrons. The Kier molecular flexibility index (Phi) is 1.53.